The Morgan fingerprint density at radius 2 is 1.35 bits per heavy atom. The van der Waals surface area contributed by atoms with Gasteiger partial charge in [-0.05, 0) is 54.4 Å². The lowest BCUT2D eigenvalue weighted by Gasteiger charge is -2.38. The van der Waals surface area contributed by atoms with Crippen molar-refractivity contribution in [3.63, 3.8) is 0 Å². The van der Waals surface area contributed by atoms with Gasteiger partial charge in [0.25, 0.3) is 0 Å². The number of carbonyl (C=O) groups excluding carboxylic acids is 2. The predicted octanol–water partition coefficient (Wildman–Crippen LogP) is 3.88. The third kappa shape index (κ3) is 4.87. The summed E-state index contributed by atoms with van der Waals surface area (Å²) in [6.45, 7) is 14.4. The molecule has 1 aliphatic carbocycles. The summed E-state index contributed by atoms with van der Waals surface area (Å²) in [5.41, 5.74) is -0.289. The van der Waals surface area contributed by atoms with Gasteiger partial charge in [-0.1, -0.05) is 12.2 Å². The zero-order valence-corrected chi connectivity index (χ0v) is 13.3. The SMILES string of the molecule is C=C1CC(N(C(=O)OC(C)(C)C)C(=O)OC(C)(C)C)C1. The molecule has 0 unspecified atom stereocenters. The molecule has 0 bridgehead atoms. The van der Waals surface area contributed by atoms with Gasteiger partial charge >= 0.3 is 12.2 Å². The first-order valence-corrected chi connectivity index (χ1v) is 6.81. The monoisotopic (exact) mass is 283 g/mol. The smallest absolute Gasteiger partial charge is 0.420 e. The Morgan fingerprint density at radius 3 is 1.60 bits per heavy atom. The van der Waals surface area contributed by atoms with Crippen molar-refractivity contribution in [1.29, 1.82) is 0 Å². The van der Waals surface area contributed by atoms with Gasteiger partial charge < -0.3 is 9.47 Å². The molecule has 0 spiro atoms. The zero-order valence-electron chi connectivity index (χ0n) is 13.3. The highest BCUT2D eigenvalue weighted by molar-refractivity contribution is 5.89. The van der Waals surface area contributed by atoms with E-state index < -0.39 is 23.4 Å². The molecule has 2 amide bonds. The van der Waals surface area contributed by atoms with Crippen molar-refractivity contribution in [2.24, 2.45) is 0 Å². The third-order valence-corrected chi connectivity index (χ3v) is 2.59. The van der Waals surface area contributed by atoms with Crippen molar-refractivity contribution >= 4 is 12.2 Å². The van der Waals surface area contributed by atoms with E-state index in [1.165, 1.54) is 0 Å². The van der Waals surface area contributed by atoms with Crippen molar-refractivity contribution < 1.29 is 19.1 Å². The minimum Gasteiger partial charge on any atom is -0.443 e. The van der Waals surface area contributed by atoms with Gasteiger partial charge in [-0.3, -0.25) is 0 Å². The quantitative estimate of drug-likeness (QED) is 0.685. The van der Waals surface area contributed by atoms with E-state index in [-0.39, 0.29) is 6.04 Å². The van der Waals surface area contributed by atoms with E-state index >= 15 is 0 Å². The minimum absolute atomic E-state index is 0.216. The summed E-state index contributed by atoms with van der Waals surface area (Å²) in [4.78, 5) is 25.5. The molecule has 0 aromatic carbocycles. The van der Waals surface area contributed by atoms with Crippen LogP contribution in [-0.2, 0) is 9.47 Å². The van der Waals surface area contributed by atoms with Gasteiger partial charge in [0, 0.05) is 0 Å². The third-order valence-electron chi connectivity index (χ3n) is 2.59. The summed E-state index contributed by atoms with van der Waals surface area (Å²) in [5.74, 6) is 0. The number of hydrogen-bond acceptors (Lipinski definition) is 4. The molecule has 0 heterocycles. The lowest BCUT2D eigenvalue weighted by molar-refractivity contribution is -0.0107. The Bertz CT molecular complexity index is 379. The molecule has 0 saturated heterocycles. The first-order valence-electron chi connectivity index (χ1n) is 6.81. The van der Waals surface area contributed by atoms with E-state index in [1.54, 1.807) is 41.5 Å². The van der Waals surface area contributed by atoms with Crippen molar-refractivity contribution in [3.05, 3.63) is 12.2 Å². The molecular weight excluding hydrogens is 258 g/mol. The first-order chi connectivity index (χ1) is 8.89. The molecule has 5 nitrogen and oxygen atoms in total. The predicted molar refractivity (Wildman–Crippen MR) is 76.5 cm³/mol. The second-order valence-corrected chi connectivity index (χ2v) is 7.14. The highest BCUT2D eigenvalue weighted by atomic mass is 16.6. The lowest BCUT2D eigenvalue weighted by Crippen LogP contribution is -2.51. The molecule has 20 heavy (non-hydrogen) atoms. The second kappa shape index (κ2) is 5.46. The highest BCUT2D eigenvalue weighted by Crippen LogP contribution is 2.31. The van der Waals surface area contributed by atoms with Gasteiger partial charge in [0.15, 0.2) is 0 Å². The van der Waals surface area contributed by atoms with Gasteiger partial charge in [0.05, 0.1) is 6.04 Å². The zero-order chi connectivity index (χ0) is 15.7. The first kappa shape index (κ1) is 16.5. The molecule has 1 rings (SSSR count). The number of nitrogens with zero attached hydrogens (tertiary/aromatic N) is 1. The van der Waals surface area contributed by atoms with E-state index in [4.69, 9.17) is 9.47 Å². The van der Waals surface area contributed by atoms with Gasteiger partial charge in [0.2, 0.25) is 0 Å². The molecule has 0 aliphatic heterocycles. The van der Waals surface area contributed by atoms with Crippen LogP contribution in [0.25, 0.3) is 0 Å². The normalized spacial score (nSPS) is 16.4. The Labute approximate surface area is 120 Å². The molecular formula is C15H25NO4. The molecule has 1 aliphatic rings. The van der Waals surface area contributed by atoms with Crippen molar-refractivity contribution in [1.82, 2.24) is 4.90 Å². The Balaban J connectivity index is 2.83. The topological polar surface area (TPSA) is 55.8 Å². The molecule has 0 aromatic heterocycles. The van der Waals surface area contributed by atoms with E-state index in [0.717, 1.165) is 10.5 Å². The van der Waals surface area contributed by atoms with Crippen LogP contribution < -0.4 is 0 Å². The Hall–Kier alpha value is -1.52. The van der Waals surface area contributed by atoms with Crippen LogP contribution in [0.1, 0.15) is 54.4 Å². The van der Waals surface area contributed by atoms with Crippen LogP contribution in [0.5, 0.6) is 0 Å². The summed E-state index contributed by atoms with van der Waals surface area (Å²) in [5, 5.41) is 0. The van der Waals surface area contributed by atoms with Crippen LogP contribution in [0.3, 0.4) is 0 Å². The number of imide groups is 1. The number of rotatable bonds is 1. The van der Waals surface area contributed by atoms with Crippen LogP contribution in [0.4, 0.5) is 9.59 Å². The van der Waals surface area contributed by atoms with Gasteiger partial charge in [-0.2, -0.15) is 0 Å². The summed E-state index contributed by atoms with van der Waals surface area (Å²) >= 11 is 0. The second-order valence-electron chi connectivity index (χ2n) is 7.14. The lowest BCUT2D eigenvalue weighted by atomic mass is 9.87. The fourth-order valence-corrected chi connectivity index (χ4v) is 1.78. The van der Waals surface area contributed by atoms with Gasteiger partial charge in [-0.15, -0.1) is 0 Å². The van der Waals surface area contributed by atoms with Crippen LogP contribution in [0.2, 0.25) is 0 Å². The standard InChI is InChI=1S/C15H25NO4/c1-10-8-11(9-10)16(12(17)19-14(2,3)4)13(18)20-15(5,6)7/h11H,1,8-9H2,2-7H3. The molecule has 0 radical (unpaired) electrons. The van der Waals surface area contributed by atoms with Gasteiger partial charge in [-0.25, -0.2) is 14.5 Å². The number of ether oxygens (including phenoxy) is 2. The average Bonchev–Trinajstić information content (AvgIpc) is 2.08. The Morgan fingerprint density at radius 1 is 1.00 bits per heavy atom. The maximum Gasteiger partial charge on any atom is 0.420 e. The summed E-state index contributed by atoms with van der Waals surface area (Å²) in [6, 6.07) is -0.216. The fourth-order valence-electron chi connectivity index (χ4n) is 1.78. The maximum atomic E-state index is 12.2. The van der Waals surface area contributed by atoms with Crippen molar-refractivity contribution in [2.75, 3.05) is 0 Å². The Kier molecular flexibility index (Phi) is 4.52. The average molecular weight is 283 g/mol. The largest absolute Gasteiger partial charge is 0.443 e. The van der Waals surface area contributed by atoms with Crippen molar-refractivity contribution in [2.45, 2.75) is 71.6 Å². The van der Waals surface area contributed by atoms with Crippen LogP contribution in [0, 0.1) is 0 Å². The molecule has 0 aromatic rings. The molecule has 1 fully saturated rings. The molecule has 5 heteroatoms. The summed E-state index contributed by atoms with van der Waals surface area (Å²) in [7, 11) is 0. The van der Waals surface area contributed by atoms with Crippen LogP contribution in [-0.4, -0.2) is 34.3 Å². The van der Waals surface area contributed by atoms with Crippen LogP contribution >= 0.6 is 0 Å². The molecule has 0 atom stereocenters. The summed E-state index contributed by atoms with van der Waals surface area (Å²) in [6.07, 6.45) is -0.106. The van der Waals surface area contributed by atoms with E-state index in [9.17, 15) is 9.59 Å². The van der Waals surface area contributed by atoms with Crippen molar-refractivity contribution in [3.8, 4) is 0 Å². The van der Waals surface area contributed by atoms with Gasteiger partial charge in [0.1, 0.15) is 11.2 Å². The number of hydrogen-bond donors (Lipinski definition) is 0. The highest BCUT2D eigenvalue weighted by Gasteiger charge is 2.40. The fraction of sp³-hybridized carbons (Fsp3) is 0.733. The van der Waals surface area contributed by atoms with E-state index in [1.807, 2.05) is 0 Å². The van der Waals surface area contributed by atoms with E-state index in [0.29, 0.717) is 12.8 Å². The number of carbonyl (C=O) groups is 2. The van der Waals surface area contributed by atoms with E-state index in [2.05, 4.69) is 6.58 Å². The number of amides is 2. The maximum absolute atomic E-state index is 12.2. The summed E-state index contributed by atoms with van der Waals surface area (Å²) < 4.78 is 10.6. The molecule has 1 saturated carbocycles. The molecule has 0 N–H and O–H groups in total. The van der Waals surface area contributed by atoms with Crippen LogP contribution in [0.15, 0.2) is 12.2 Å². The molecule has 114 valence electrons. The minimum atomic E-state index is -0.663.